The van der Waals surface area contributed by atoms with E-state index in [-0.39, 0.29) is 5.91 Å². The van der Waals surface area contributed by atoms with Crippen molar-refractivity contribution < 1.29 is 4.79 Å². The molecule has 0 bridgehead atoms. The van der Waals surface area contributed by atoms with Gasteiger partial charge in [0.25, 0.3) is 0 Å². The Hall–Kier alpha value is 0.300. The van der Waals surface area contributed by atoms with Crippen molar-refractivity contribution in [3.8, 4) is 0 Å². The first-order valence-electron chi connectivity index (χ1n) is 3.72. The number of halogens is 1. The van der Waals surface area contributed by atoms with Crippen molar-refractivity contribution >= 4 is 34.5 Å². The summed E-state index contributed by atoms with van der Waals surface area (Å²) in [7, 11) is 0. The van der Waals surface area contributed by atoms with Crippen molar-refractivity contribution in [1.29, 1.82) is 0 Å². The molecule has 1 aliphatic rings. The number of nitrogens with zero attached hydrogens (tertiary/aromatic N) is 1. The lowest BCUT2D eigenvalue weighted by molar-refractivity contribution is -0.127. The lowest BCUT2D eigenvalue weighted by Crippen LogP contribution is -2.27. The van der Waals surface area contributed by atoms with Gasteiger partial charge in [0.15, 0.2) is 0 Å². The highest BCUT2D eigenvalue weighted by atomic mass is 79.9. The standard InChI is InChI=1S/C7H12BrNOS/c8-4-6-3-7(10)9(5-6)1-2-11/h6,11H,1-5H2. The Bertz CT molecular complexity index is 153. The molecule has 11 heavy (non-hydrogen) atoms. The Labute approximate surface area is 80.9 Å². The summed E-state index contributed by atoms with van der Waals surface area (Å²) in [6, 6.07) is 0. The van der Waals surface area contributed by atoms with Crippen LogP contribution in [-0.4, -0.2) is 35.0 Å². The lowest BCUT2D eigenvalue weighted by Gasteiger charge is -2.13. The molecule has 1 unspecified atom stereocenters. The molecule has 1 amide bonds. The predicted octanol–water partition coefficient (Wildman–Crippen LogP) is 1.16. The normalized spacial score (nSPS) is 24.7. The van der Waals surface area contributed by atoms with E-state index in [1.165, 1.54) is 0 Å². The minimum absolute atomic E-state index is 0.281. The summed E-state index contributed by atoms with van der Waals surface area (Å²) in [4.78, 5) is 13.1. The number of carbonyl (C=O) groups is 1. The molecule has 4 heteroatoms. The number of thiol groups is 1. The molecule has 1 atom stereocenters. The van der Waals surface area contributed by atoms with Crippen molar-refractivity contribution in [3.63, 3.8) is 0 Å². The fraction of sp³-hybridized carbons (Fsp3) is 0.857. The van der Waals surface area contributed by atoms with Gasteiger partial charge >= 0.3 is 0 Å². The van der Waals surface area contributed by atoms with Gasteiger partial charge in [0, 0.05) is 30.6 Å². The number of rotatable bonds is 3. The van der Waals surface area contributed by atoms with Gasteiger partial charge in [-0.15, -0.1) is 0 Å². The quantitative estimate of drug-likeness (QED) is 0.578. The van der Waals surface area contributed by atoms with Crippen molar-refractivity contribution in [2.24, 2.45) is 5.92 Å². The van der Waals surface area contributed by atoms with Crippen LogP contribution in [0.4, 0.5) is 0 Å². The van der Waals surface area contributed by atoms with Crippen LogP contribution in [0.2, 0.25) is 0 Å². The molecule has 1 saturated heterocycles. The smallest absolute Gasteiger partial charge is 0.222 e. The van der Waals surface area contributed by atoms with Crippen molar-refractivity contribution in [1.82, 2.24) is 4.90 Å². The molecule has 0 aromatic heterocycles. The molecule has 0 aliphatic carbocycles. The molecule has 1 aliphatic heterocycles. The molecule has 1 fully saturated rings. The van der Waals surface area contributed by atoms with Crippen molar-refractivity contribution in [3.05, 3.63) is 0 Å². The summed E-state index contributed by atoms with van der Waals surface area (Å²) in [5, 5.41) is 0.932. The maximum atomic E-state index is 11.2. The van der Waals surface area contributed by atoms with Crippen LogP contribution in [0.5, 0.6) is 0 Å². The molecule has 1 rings (SSSR count). The van der Waals surface area contributed by atoms with E-state index in [1.807, 2.05) is 4.90 Å². The SMILES string of the molecule is O=C1CC(CBr)CN1CCS. The Morgan fingerprint density at radius 3 is 2.91 bits per heavy atom. The average molecular weight is 238 g/mol. The molecular weight excluding hydrogens is 226 g/mol. The molecule has 0 saturated carbocycles. The summed E-state index contributed by atoms with van der Waals surface area (Å²) >= 11 is 7.47. The Kier molecular flexibility index (Phi) is 3.72. The van der Waals surface area contributed by atoms with Gasteiger partial charge < -0.3 is 4.90 Å². The van der Waals surface area contributed by atoms with Gasteiger partial charge in [0.2, 0.25) is 5.91 Å². The van der Waals surface area contributed by atoms with Gasteiger partial charge in [-0.3, -0.25) is 4.79 Å². The van der Waals surface area contributed by atoms with E-state index < -0.39 is 0 Å². The zero-order valence-corrected chi connectivity index (χ0v) is 8.77. The van der Waals surface area contributed by atoms with Gasteiger partial charge in [0.05, 0.1) is 0 Å². The van der Waals surface area contributed by atoms with E-state index in [1.54, 1.807) is 0 Å². The molecular formula is C7H12BrNOS. The Balaban J connectivity index is 2.38. The summed E-state index contributed by atoms with van der Waals surface area (Å²) in [6.45, 7) is 1.70. The lowest BCUT2D eigenvalue weighted by atomic mass is 10.2. The van der Waals surface area contributed by atoms with Gasteiger partial charge in [-0.2, -0.15) is 12.6 Å². The second kappa shape index (κ2) is 4.36. The molecule has 1 heterocycles. The van der Waals surface area contributed by atoms with E-state index in [4.69, 9.17) is 0 Å². The monoisotopic (exact) mass is 237 g/mol. The van der Waals surface area contributed by atoms with Gasteiger partial charge in [-0.1, -0.05) is 15.9 Å². The average Bonchev–Trinajstić information content (AvgIpc) is 2.33. The van der Waals surface area contributed by atoms with E-state index in [0.717, 1.165) is 24.2 Å². The molecule has 2 nitrogen and oxygen atoms in total. The van der Waals surface area contributed by atoms with Crippen LogP contribution in [0, 0.1) is 5.92 Å². The largest absolute Gasteiger partial charge is 0.342 e. The summed E-state index contributed by atoms with van der Waals surface area (Å²) in [6.07, 6.45) is 0.707. The first-order chi connectivity index (χ1) is 5.27. The van der Waals surface area contributed by atoms with Gasteiger partial charge in [-0.05, 0) is 5.92 Å². The maximum Gasteiger partial charge on any atom is 0.222 e. The van der Waals surface area contributed by atoms with Crippen LogP contribution in [0.3, 0.4) is 0 Å². The molecule has 0 spiro atoms. The minimum Gasteiger partial charge on any atom is -0.342 e. The second-order valence-electron chi connectivity index (χ2n) is 2.79. The highest BCUT2D eigenvalue weighted by molar-refractivity contribution is 9.09. The third-order valence-corrected chi connectivity index (χ3v) is 3.00. The maximum absolute atomic E-state index is 11.2. The fourth-order valence-electron chi connectivity index (χ4n) is 1.29. The minimum atomic E-state index is 0.281. The summed E-state index contributed by atoms with van der Waals surface area (Å²) in [5.74, 6) is 1.56. The van der Waals surface area contributed by atoms with E-state index in [9.17, 15) is 4.79 Å². The first kappa shape index (κ1) is 9.39. The van der Waals surface area contributed by atoms with Crippen LogP contribution in [0.1, 0.15) is 6.42 Å². The first-order valence-corrected chi connectivity index (χ1v) is 5.48. The second-order valence-corrected chi connectivity index (χ2v) is 3.88. The highest BCUT2D eigenvalue weighted by Gasteiger charge is 2.27. The van der Waals surface area contributed by atoms with Crippen LogP contribution < -0.4 is 0 Å². The Morgan fingerprint density at radius 2 is 2.45 bits per heavy atom. The number of likely N-dealkylation sites (tertiary alicyclic amines) is 1. The third-order valence-electron chi connectivity index (χ3n) is 1.88. The van der Waals surface area contributed by atoms with E-state index >= 15 is 0 Å². The summed E-state index contributed by atoms with van der Waals surface area (Å²) < 4.78 is 0. The number of amides is 1. The predicted molar refractivity (Wildman–Crippen MR) is 52.3 cm³/mol. The van der Waals surface area contributed by atoms with Gasteiger partial charge in [0.1, 0.15) is 0 Å². The molecule has 0 N–H and O–H groups in total. The van der Waals surface area contributed by atoms with Crippen LogP contribution >= 0.6 is 28.6 Å². The molecule has 0 aromatic rings. The Morgan fingerprint density at radius 1 is 1.73 bits per heavy atom. The van der Waals surface area contributed by atoms with Crippen LogP contribution in [0.15, 0.2) is 0 Å². The molecule has 0 radical (unpaired) electrons. The number of hydrogen-bond acceptors (Lipinski definition) is 2. The number of hydrogen-bond donors (Lipinski definition) is 1. The van der Waals surface area contributed by atoms with Gasteiger partial charge in [-0.25, -0.2) is 0 Å². The third kappa shape index (κ3) is 2.37. The highest BCUT2D eigenvalue weighted by Crippen LogP contribution is 2.18. The number of alkyl halides is 1. The van der Waals surface area contributed by atoms with Crippen molar-refractivity contribution in [2.45, 2.75) is 6.42 Å². The van der Waals surface area contributed by atoms with E-state index in [2.05, 4.69) is 28.6 Å². The zero-order chi connectivity index (χ0) is 8.27. The van der Waals surface area contributed by atoms with E-state index in [0.29, 0.717) is 12.3 Å². The van der Waals surface area contributed by atoms with Crippen LogP contribution in [0.25, 0.3) is 0 Å². The zero-order valence-electron chi connectivity index (χ0n) is 6.29. The summed E-state index contributed by atoms with van der Waals surface area (Å²) in [5.41, 5.74) is 0. The van der Waals surface area contributed by atoms with Crippen molar-refractivity contribution in [2.75, 3.05) is 24.2 Å². The number of carbonyl (C=O) groups excluding carboxylic acids is 1. The molecule has 0 aromatic carbocycles. The molecule has 64 valence electrons. The van der Waals surface area contributed by atoms with Crippen LogP contribution in [-0.2, 0) is 4.79 Å². The fourth-order valence-corrected chi connectivity index (χ4v) is 1.97. The topological polar surface area (TPSA) is 20.3 Å².